The number of nitrogens with zero attached hydrogens (tertiary/aromatic N) is 3. The van der Waals surface area contributed by atoms with E-state index in [1.807, 2.05) is 30.3 Å². The molecule has 3 aromatic rings. The van der Waals surface area contributed by atoms with Crippen LogP contribution in [0.2, 0.25) is 5.02 Å². The molecule has 2 heterocycles. The molecule has 1 fully saturated rings. The number of rotatable bonds is 9. The molecular weight excluding hydrogens is 485 g/mol. The lowest BCUT2D eigenvalue weighted by molar-refractivity contribution is -0.120. The Balaban J connectivity index is 0.00000306. The number of anilines is 1. The number of benzene rings is 2. The number of para-hydroxylation sites is 3. The van der Waals surface area contributed by atoms with Gasteiger partial charge in [0.05, 0.1) is 30.0 Å². The number of carbonyl (C=O) groups excluding carboxylic acids is 1. The van der Waals surface area contributed by atoms with E-state index in [2.05, 4.69) is 9.88 Å². The second kappa shape index (κ2) is 12.4. The van der Waals surface area contributed by atoms with Crippen molar-refractivity contribution in [3.05, 3.63) is 47.5 Å². The normalized spacial score (nSPS) is 14.0. The first-order valence-corrected chi connectivity index (χ1v) is 11.8. The van der Waals surface area contributed by atoms with Crippen molar-refractivity contribution >= 4 is 56.6 Å². The Morgan fingerprint density at radius 1 is 1.18 bits per heavy atom. The molecule has 0 aliphatic carbocycles. The number of hydrogen-bond acceptors (Lipinski definition) is 7. The summed E-state index contributed by atoms with van der Waals surface area (Å²) in [6.45, 7) is 4.68. The van der Waals surface area contributed by atoms with Gasteiger partial charge < -0.3 is 14.2 Å². The van der Waals surface area contributed by atoms with Gasteiger partial charge in [0, 0.05) is 26.2 Å². The van der Waals surface area contributed by atoms with Gasteiger partial charge in [-0.05, 0) is 30.7 Å². The molecule has 33 heavy (non-hydrogen) atoms. The lowest BCUT2D eigenvalue weighted by atomic mass is 10.3. The van der Waals surface area contributed by atoms with Crippen molar-refractivity contribution in [1.82, 2.24) is 9.88 Å². The average Bonchev–Trinajstić information content (AvgIpc) is 3.26. The maximum atomic E-state index is 13.2. The summed E-state index contributed by atoms with van der Waals surface area (Å²) in [6, 6.07) is 12.9. The molecule has 0 N–H and O–H groups in total. The van der Waals surface area contributed by atoms with E-state index in [1.165, 1.54) is 11.3 Å². The predicted octanol–water partition coefficient (Wildman–Crippen LogP) is 4.51. The Labute approximate surface area is 208 Å². The number of thiazole rings is 1. The number of amides is 1. The molecule has 0 atom stereocenters. The maximum Gasteiger partial charge on any atom is 0.266 e. The number of morpholine rings is 1. The molecule has 0 bridgehead atoms. The lowest BCUT2D eigenvalue weighted by Crippen LogP contribution is -2.40. The largest absolute Gasteiger partial charge is 0.493 e. The number of fused-ring (bicyclic) bond motifs is 1. The summed E-state index contributed by atoms with van der Waals surface area (Å²) >= 11 is 7.78. The van der Waals surface area contributed by atoms with Gasteiger partial charge in [-0.3, -0.25) is 14.6 Å². The maximum absolute atomic E-state index is 13.2. The second-order valence-corrected chi connectivity index (χ2v) is 8.79. The summed E-state index contributed by atoms with van der Waals surface area (Å²) < 4.78 is 17.5. The minimum atomic E-state index is -0.159. The molecular formula is C23H27Cl2N3O4S. The van der Waals surface area contributed by atoms with E-state index in [-0.39, 0.29) is 24.9 Å². The Kier molecular flexibility index (Phi) is 9.58. The van der Waals surface area contributed by atoms with Crippen molar-refractivity contribution in [2.24, 2.45) is 0 Å². The van der Waals surface area contributed by atoms with E-state index in [0.29, 0.717) is 33.7 Å². The monoisotopic (exact) mass is 511 g/mol. The first-order valence-electron chi connectivity index (χ1n) is 10.6. The molecule has 0 saturated carbocycles. The van der Waals surface area contributed by atoms with Gasteiger partial charge in [0.25, 0.3) is 5.91 Å². The summed E-state index contributed by atoms with van der Waals surface area (Å²) in [7, 11) is 1.58. The van der Waals surface area contributed by atoms with Gasteiger partial charge in [0.1, 0.15) is 5.52 Å². The van der Waals surface area contributed by atoms with E-state index in [9.17, 15) is 4.79 Å². The second-order valence-electron chi connectivity index (χ2n) is 7.38. The van der Waals surface area contributed by atoms with E-state index in [4.69, 9.17) is 25.8 Å². The third kappa shape index (κ3) is 6.49. The highest BCUT2D eigenvalue weighted by Crippen LogP contribution is 2.33. The molecule has 1 amide bonds. The molecule has 0 unspecified atom stereocenters. The Hall–Kier alpha value is -2.10. The first-order chi connectivity index (χ1) is 15.7. The highest BCUT2D eigenvalue weighted by atomic mass is 35.5. The zero-order chi connectivity index (χ0) is 22.3. The van der Waals surface area contributed by atoms with Gasteiger partial charge in [-0.25, -0.2) is 4.98 Å². The van der Waals surface area contributed by atoms with Crippen LogP contribution in [0.3, 0.4) is 0 Å². The first kappa shape index (κ1) is 25.5. The SMILES string of the molecule is COc1ccccc1OCC(=O)N(CCCN1CCOCC1)c1nc2c(Cl)cccc2s1.Cl. The van der Waals surface area contributed by atoms with Crippen LogP contribution < -0.4 is 14.4 Å². The van der Waals surface area contributed by atoms with Crippen LogP contribution in [0, 0.1) is 0 Å². The molecule has 178 valence electrons. The zero-order valence-electron chi connectivity index (χ0n) is 18.4. The highest BCUT2D eigenvalue weighted by Gasteiger charge is 2.22. The number of methoxy groups -OCH3 is 1. The standard InChI is InChI=1S/C23H26ClN3O4S.ClH/c1-29-18-7-2-3-8-19(18)31-16-21(28)27(11-5-10-26-12-14-30-15-13-26)23-25-22-17(24)6-4-9-20(22)32-23;/h2-4,6-9H,5,10-16H2,1H3;1H. The van der Waals surface area contributed by atoms with Crippen LogP contribution in [0.15, 0.2) is 42.5 Å². The van der Waals surface area contributed by atoms with Crippen LogP contribution in [-0.4, -0.2) is 68.9 Å². The third-order valence-electron chi connectivity index (χ3n) is 5.27. The quantitative estimate of drug-likeness (QED) is 0.421. The summed E-state index contributed by atoms with van der Waals surface area (Å²) in [4.78, 5) is 21.9. The minimum Gasteiger partial charge on any atom is -0.493 e. The fraction of sp³-hybridized carbons (Fsp3) is 0.391. The number of halogens is 2. The Morgan fingerprint density at radius 3 is 2.67 bits per heavy atom. The van der Waals surface area contributed by atoms with E-state index in [1.54, 1.807) is 24.1 Å². The van der Waals surface area contributed by atoms with Gasteiger partial charge in [0.2, 0.25) is 0 Å². The van der Waals surface area contributed by atoms with Crippen molar-refractivity contribution < 1.29 is 19.0 Å². The molecule has 2 aromatic carbocycles. The molecule has 1 aliphatic rings. The molecule has 1 saturated heterocycles. The molecule has 1 aliphatic heterocycles. The molecule has 0 spiro atoms. The van der Waals surface area contributed by atoms with E-state index >= 15 is 0 Å². The van der Waals surface area contributed by atoms with Crippen molar-refractivity contribution in [3.63, 3.8) is 0 Å². The van der Waals surface area contributed by atoms with Gasteiger partial charge in [0.15, 0.2) is 23.2 Å². The lowest BCUT2D eigenvalue weighted by Gasteiger charge is -2.27. The summed E-state index contributed by atoms with van der Waals surface area (Å²) in [5.74, 6) is 0.961. The number of carbonyl (C=O) groups is 1. The molecule has 0 radical (unpaired) electrons. The van der Waals surface area contributed by atoms with Gasteiger partial charge in [-0.1, -0.05) is 41.1 Å². The highest BCUT2D eigenvalue weighted by molar-refractivity contribution is 7.22. The topological polar surface area (TPSA) is 64.1 Å². The van der Waals surface area contributed by atoms with Crippen molar-refractivity contribution in [3.8, 4) is 11.5 Å². The van der Waals surface area contributed by atoms with Crippen LogP contribution in [0.4, 0.5) is 5.13 Å². The van der Waals surface area contributed by atoms with Crippen LogP contribution in [0.5, 0.6) is 11.5 Å². The predicted molar refractivity (Wildman–Crippen MR) is 135 cm³/mol. The third-order valence-corrected chi connectivity index (χ3v) is 6.62. The van der Waals surface area contributed by atoms with E-state index in [0.717, 1.165) is 44.0 Å². The molecule has 4 rings (SSSR count). The number of aromatic nitrogens is 1. The summed E-state index contributed by atoms with van der Waals surface area (Å²) in [6.07, 6.45) is 0.823. The Bertz CT molecular complexity index is 1060. The van der Waals surface area contributed by atoms with Crippen LogP contribution in [-0.2, 0) is 9.53 Å². The van der Waals surface area contributed by atoms with Crippen molar-refractivity contribution in [1.29, 1.82) is 0 Å². The minimum absolute atomic E-state index is 0. The van der Waals surface area contributed by atoms with Gasteiger partial charge in [-0.15, -0.1) is 12.4 Å². The van der Waals surface area contributed by atoms with Gasteiger partial charge in [-0.2, -0.15) is 0 Å². The Morgan fingerprint density at radius 2 is 1.94 bits per heavy atom. The molecule has 1 aromatic heterocycles. The molecule has 7 nitrogen and oxygen atoms in total. The summed E-state index contributed by atoms with van der Waals surface area (Å²) in [5.41, 5.74) is 0.714. The van der Waals surface area contributed by atoms with Crippen LogP contribution >= 0.6 is 35.3 Å². The van der Waals surface area contributed by atoms with Crippen LogP contribution in [0.1, 0.15) is 6.42 Å². The van der Waals surface area contributed by atoms with Crippen molar-refractivity contribution in [2.75, 3.05) is 58.0 Å². The van der Waals surface area contributed by atoms with Crippen molar-refractivity contribution in [2.45, 2.75) is 6.42 Å². The fourth-order valence-corrected chi connectivity index (χ4v) is 4.89. The number of ether oxygens (including phenoxy) is 3. The van der Waals surface area contributed by atoms with E-state index < -0.39 is 0 Å². The smallest absolute Gasteiger partial charge is 0.266 e. The number of hydrogen-bond donors (Lipinski definition) is 0. The zero-order valence-corrected chi connectivity index (χ0v) is 20.8. The summed E-state index contributed by atoms with van der Waals surface area (Å²) in [5, 5.41) is 1.21. The average molecular weight is 512 g/mol. The van der Waals surface area contributed by atoms with Crippen LogP contribution in [0.25, 0.3) is 10.2 Å². The van der Waals surface area contributed by atoms with Gasteiger partial charge >= 0.3 is 0 Å². The molecule has 10 heteroatoms. The fourth-order valence-electron chi connectivity index (χ4n) is 3.58.